The molecule has 3 aliphatic carbocycles. The first kappa shape index (κ1) is 32.0. The fraction of sp³-hybridized carbons (Fsp3) is 0.655. The average molecular weight is 634 g/mol. The number of methoxy groups -OCH3 is 2. The van der Waals surface area contributed by atoms with E-state index in [0.29, 0.717) is 38.9 Å². The van der Waals surface area contributed by atoms with Gasteiger partial charge >= 0.3 is 19.2 Å². The Labute approximate surface area is 261 Å². The molecule has 3 unspecified atom stereocenters. The molecule has 2 bridgehead atoms. The van der Waals surface area contributed by atoms with Gasteiger partial charge in [-0.1, -0.05) is 49.1 Å². The van der Waals surface area contributed by atoms with Crippen molar-refractivity contribution in [2.75, 3.05) is 20.0 Å². The Morgan fingerprint density at radius 2 is 1.91 bits per heavy atom. The van der Waals surface area contributed by atoms with Gasteiger partial charge in [0.15, 0.2) is 10.1 Å². The lowest BCUT2D eigenvalue weighted by Crippen LogP contribution is -2.65. The lowest BCUT2D eigenvalue weighted by atomic mass is 9.43. The third-order valence-corrected chi connectivity index (χ3v) is 11.0. The first-order valence-electron chi connectivity index (χ1n) is 14.4. The van der Waals surface area contributed by atoms with Crippen molar-refractivity contribution >= 4 is 47.5 Å². The number of hydrogen-bond acceptors (Lipinski definition) is 13. The zero-order chi connectivity index (χ0) is 31.3. The van der Waals surface area contributed by atoms with Crippen molar-refractivity contribution < 1.29 is 37.8 Å². The number of ether oxygens (including phenoxy) is 4. The molecule has 14 heteroatoms. The van der Waals surface area contributed by atoms with Crippen LogP contribution in [0.1, 0.15) is 75.9 Å². The zero-order valence-corrected chi connectivity index (χ0v) is 27.6. The molecule has 0 radical (unpaired) electrons. The van der Waals surface area contributed by atoms with E-state index in [-0.39, 0.29) is 34.6 Å². The maximum Gasteiger partial charge on any atom is 0.514 e. The van der Waals surface area contributed by atoms with Crippen LogP contribution in [0, 0.1) is 17.3 Å². The highest BCUT2D eigenvalue weighted by atomic mass is 32.2. The second-order valence-corrected chi connectivity index (χ2v) is 15.7. The van der Waals surface area contributed by atoms with Crippen molar-refractivity contribution in [2.45, 2.75) is 94.2 Å². The quantitative estimate of drug-likeness (QED) is 0.165. The van der Waals surface area contributed by atoms with Crippen LogP contribution in [-0.4, -0.2) is 66.1 Å². The summed E-state index contributed by atoms with van der Waals surface area (Å²) in [7, 11) is 2.19. The monoisotopic (exact) mass is 633 g/mol. The summed E-state index contributed by atoms with van der Waals surface area (Å²) >= 11 is 2.71. The number of rotatable bonds is 9. The van der Waals surface area contributed by atoms with Gasteiger partial charge in [0.25, 0.3) is 0 Å². The molecule has 2 aromatic rings. The van der Waals surface area contributed by atoms with Crippen LogP contribution in [0.25, 0.3) is 0 Å². The molecule has 234 valence electrons. The standard InChI is InChI=1S/C29H40BN3O8S2/c1-27(2,3)39-26(35)38-22-15(9-10-16(14-36-7)21(22)23(34)37-8)11-20(42-25-33-32-24(31)43-25)30-40-19-13-17-12-18(28(17,4)5)29(19,6)41-30/h9-10,17-20H,11-14H2,1-8H3,(H2,31,32)/t17?,18?,19?,20-,29-/m0/s1. The topological polar surface area (TPSA) is 141 Å². The van der Waals surface area contributed by atoms with Crippen LogP contribution in [-0.2, 0) is 36.5 Å². The van der Waals surface area contributed by atoms with E-state index in [0.717, 1.165) is 12.8 Å². The fourth-order valence-electron chi connectivity index (χ4n) is 6.77. The Morgan fingerprint density at radius 3 is 2.51 bits per heavy atom. The van der Waals surface area contributed by atoms with Crippen LogP contribution in [0.15, 0.2) is 16.5 Å². The number of carbonyl (C=O) groups excluding carboxylic acids is 2. The highest BCUT2D eigenvalue weighted by molar-refractivity contribution is 8.02. The van der Waals surface area contributed by atoms with Crippen molar-refractivity contribution in [1.29, 1.82) is 0 Å². The van der Waals surface area contributed by atoms with Gasteiger partial charge in [0.2, 0.25) is 5.13 Å². The number of hydrogen-bond donors (Lipinski definition) is 1. The summed E-state index contributed by atoms with van der Waals surface area (Å²) in [5.41, 5.74) is 6.01. The Morgan fingerprint density at radius 1 is 1.19 bits per heavy atom. The maximum absolute atomic E-state index is 13.1. The molecule has 1 aromatic carbocycles. The summed E-state index contributed by atoms with van der Waals surface area (Å²) in [6.45, 7) is 12.1. The normalized spacial score (nSPS) is 26.3. The molecule has 4 aliphatic rings. The number of nitrogen functional groups attached to an aromatic ring is 1. The number of anilines is 1. The van der Waals surface area contributed by atoms with Gasteiger partial charge in [0.05, 0.1) is 30.6 Å². The van der Waals surface area contributed by atoms with Crippen LogP contribution in [0.2, 0.25) is 0 Å². The Hall–Kier alpha value is -2.39. The molecule has 0 amide bonds. The molecular formula is C29H40BN3O8S2. The van der Waals surface area contributed by atoms with Crippen LogP contribution in [0.3, 0.4) is 0 Å². The molecule has 11 nitrogen and oxygen atoms in total. The first-order valence-corrected chi connectivity index (χ1v) is 16.1. The number of thioether (sulfide) groups is 1. The van der Waals surface area contributed by atoms with Gasteiger partial charge < -0.3 is 34.0 Å². The number of aromatic nitrogens is 2. The average Bonchev–Trinajstić information content (AvgIpc) is 3.49. The fourth-order valence-corrected chi connectivity index (χ4v) is 8.77. The highest BCUT2D eigenvalue weighted by Gasteiger charge is 2.68. The minimum atomic E-state index is -0.941. The molecular weight excluding hydrogens is 593 g/mol. The molecule has 0 spiro atoms. The van der Waals surface area contributed by atoms with Gasteiger partial charge in [-0.3, -0.25) is 0 Å². The van der Waals surface area contributed by atoms with Crippen molar-refractivity contribution in [1.82, 2.24) is 10.2 Å². The highest BCUT2D eigenvalue weighted by Crippen LogP contribution is 2.66. The van der Waals surface area contributed by atoms with E-state index in [4.69, 9.17) is 34.0 Å². The Bertz CT molecular complexity index is 1380. The number of esters is 1. The molecule has 6 rings (SSSR count). The van der Waals surface area contributed by atoms with Gasteiger partial charge in [-0.15, -0.1) is 10.2 Å². The van der Waals surface area contributed by atoms with Gasteiger partial charge in [0.1, 0.15) is 11.2 Å². The van der Waals surface area contributed by atoms with Crippen LogP contribution < -0.4 is 10.5 Å². The van der Waals surface area contributed by atoms with Crippen LogP contribution in [0.4, 0.5) is 9.93 Å². The minimum Gasteiger partial charge on any atom is -0.465 e. The molecule has 4 fully saturated rings. The summed E-state index contributed by atoms with van der Waals surface area (Å²) in [4.78, 5) is 26.1. The molecule has 1 aliphatic heterocycles. The van der Waals surface area contributed by atoms with E-state index in [1.807, 2.05) is 6.07 Å². The smallest absolute Gasteiger partial charge is 0.465 e. The van der Waals surface area contributed by atoms with Crippen molar-refractivity contribution in [3.63, 3.8) is 0 Å². The van der Waals surface area contributed by atoms with Gasteiger partial charge in [-0.2, -0.15) is 0 Å². The van der Waals surface area contributed by atoms with E-state index in [9.17, 15) is 9.59 Å². The SMILES string of the molecule is COCc1ccc(C[C@H](Sc2nnc(N)s2)B2OC3CC4CC(C4(C)C)[C@]3(C)O2)c(OC(=O)OC(C)(C)C)c1C(=O)OC. The van der Waals surface area contributed by atoms with E-state index in [1.165, 1.54) is 37.3 Å². The van der Waals surface area contributed by atoms with Crippen molar-refractivity contribution in [3.05, 3.63) is 28.8 Å². The zero-order valence-electron chi connectivity index (χ0n) is 25.9. The van der Waals surface area contributed by atoms with E-state index >= 15 is 0 Å². The maximum atomic E-state index is 13.1. The summed E-state index contributed by atoms with van der Waals surface area (Å²) in [6, 6.07) is 3.58. The molecule has 5 atom stereocenters. The summed E-state index contributed by atoms with van der Waals surface area (Å²) in [5.74, 6) is 0.351. The van der Waals surface area contributed by atoms with Gasteiger partial charge in [0, 0.05) is 7.11 Å². The van der Waals surface area contributed by atoms with Crippen LogP contribution in [0.5, 0.6) is 5.75 Å². The minimum absolute atomic E-state index is 0.0379. The third-order valence-electron chi connectivity index (χ3n) is 8.96. The number of benzene rings is 1. The number of nitrogens with two attached hydrogens (primary N) is 1. The largest absolute Gasteiger partial charge is 0.514 e. The second-order valence-electron chi connectivity index (χ2n) is 13.2. The molecule has 43 heavy (non-hydrogen) atoms. The Balaban J connectivity index is 1.53. The third kappa shape index (κ3) is 6.26. The van der Waals surface area contributed by atoms with Gasteiger partial charge in [-0.25, -0.2) is 9.59 Å². The summed E-state index contributed by atoms with van der Waals surface area (Å²) < 4.78 is 35.8. The number of nitrogens with zero attached hydrogens (tertiary/aromatic N) is 2. The van der Waals surface area contributed by atoms with Crippen molar-refractivity contribution in [3.8, 4) is 5.75 Å². The van der Waals surface area contributed by atoms with Crippen molar-refractivity contribution in [2.24, 2.45) is 17.3 Å². The number of carbonyl (C=O) groups is 2. The predicted molar refractivity (Wildman–Crippen MR) is 163 cm³/mol. The lowest BCUT2D eigenvalue weighted by molar-refractivity contribution is -0.199. The molecule has 1 saturated heterocycles. The van der Waals surface area contributed by atoms with E-state index < -0.39 is 30.4 Å². The van der Waals surface area contributed by atoms with Crippen LogP contribution >= 0.6 is 23.1 Å². The lowest BCUT2D eigenvalue weighted by Gasteiger charge is -2.64. The molecule has 3 saturated carbocycles. The molecule has 2 N–H and O–H groups in total. The predicted octanol–water partition coefficient (Wildman–Crippen LogP) is 5.34. The van der Waals surface area contributed by atoms with Gasteiger partial charge in [-0.05, 0) is 75.3 Å². The van der Waals surface area contributed by atoms with E-state index in [1.54, 1.807) is 26.8 Å². The Kier molecular flexibility index (Phi) is 8.82. The molecule has 2 heterocycles. The first-order chi connectivity index (χ1) is 20.2. The van der Waals surface area contributed by atoms with E-state index in [2.05, 4.69) is 31.0 Å². The summed E-state index contributed by atoms with van der Waals surface area (Å²) in [6.07, 6.45) is 1.38. The summed E-state index contributed by atoms with van der Waals surface area (Å²) in [5, 5.41) is 8.21. The molecule has 1 aromatic heterocycles. The second kappa shape index (κ2) is 11.8.